The van der Waals surface area contributed by atoms with Crippen molar-refractivity contribution in [3.63, 3.8) is 0 Å². The van der Waals surface area contributed by atoms with Gasteiger partial charge in [-0.05, 0) is 62.6 Å². The van der Waals surface area contributed by atoms with Gasteiger partial charge in [0.1, 0.15) is 17.7 Å². The van der Waals surface area contributed by atoms with Gasteiger partial charge in [0.15, 0.2) is 5.82 Å². The van der Waals surface area contributed by atoms with Gasteiger partial charge in [-0.15, -0.1) is 10.2 Å². The van der Waals surface area contributed by atoms with Gasteiger partial charge in [-0.2, -0.15) is 0 Å². The molecular formula is C22H23ClFN5O. The third-order valence-electron chi connectivity index (χ3n) is 5.92. The first-order valence-corrected chi connectivity index (χ1v) is 10.6. The van der Waals surface area contributed by atoms with E-state index >= 15 is 0 Å². The molecule has 2 aliphatic rings. The van der Waals surface area contributed by atoms with Crippen LogP contribution in [0.1, 0.15) is 48.8 Å². The van der Waals surface area contributed by atoms with Crippen molar-refractivity contribution in [3.05, 3.63) is 64.6 Å². The van der Waals surface area contributed by atoms with E-state index in [-0.39, 0.29) is 11.9 Å². The second kappa shape index (κ2) is 7.96. The molecule has 0 amide bonds. The van der Waals surface area contributed by atoms with Gasteiger partial charge >= 0.3 is 0 Å². The lowest BCUT2D eigenvalue weighted by molar-refractivity contribution is 0.138. The molecule has 1 aliphatic heterocycles. The summed E-state index contributed by atoms with van der Waals surface area (Å²) in [6.45, 7) is 1.57. The monoisotopic (exact) mass is 427 g/mol. The molecule has 3 heterocycles. The summed E-state index contributed by atoms with van der Waals surface area (Å²) in [6, 6.07) is 8.99. The molecule has 1 saturated carbocycles. The highest BCUT2D eigenvalue weighted by Gasteiger charge is 2.30. The van der Waals surface area contributed by atoms with E-state index in [1.165, 1.54) is 17.8 Å². The number of nitrogens with zero attached hydrogens (tertiary/aromatic N) is 5. The molecule has 8 heteroatoms. The van der Waals surface area contributed by atoms with E-state index in [1.807, 2.05) is 12.1 Å². The molecule has 1 aliphatic carbocycles. The zero-order valence-electron chi connectivity index (χ0n) is 16.8. The molecule has 1 fully saturated rings. The molecule has 0 bridgehead atoms. The minimum Gasteiger partial charge on any atom is -0.474 e. The van der Waals surface area contributed by atoms with Crippen molar-refractivity contribution >= 4 is 11.6 Å². The number of halogens is 2. The first kappa shape index (κ1) is 19.5. The van der Waals surface area contributed by atoms with Crippen LogP contribution in [-0.2, 0) is 13.1 Å². The van der Waals surface area contributed by atoms with Crippen molar-refractivity contribution in [2.24, 2.45) is 0 Å². The minimum absolute atomic E-state index is 0.0861. The summed E-state index contributed by atoms with van der Waals surface area (Å²) in [5.41, 5.74) is 2.30. The molecule has 0 atom stereocenters. The van der Waals surface area contributed by atoms with Crippen LogP contribution in [0.3, 0.4) is 0 Å². The Hall–Kier alpha value is -2.51. The number of fused-ring (bicyclic) bond motifs is 3. The topological polar surface area (TPSA) is 56.1 Å². The summed E-state index contributed by atoms with van der Waals surface area (Å²) >= 11 is 6.26. The highest BCUT2D eigenvalue weighted by molar-refractivity contribution is 6.30. The molecule has 0 saturated heterocycles. The molecule has 3 aromatic rings. The fourth-order valence-corrected chi connectivity index (χ4v) is 4.68. The van der Waals surface area contributed by atoms with Crippen LogP contribution in [0, 0.1) is 5.82 Å². The summed E-state index contributed by atoms with van der Waals surface area (Å²) in [7, 11) is 2.08. The lowest BCUT2D eigenvalue weighted by atomic mass is 9.86. The Bertz CT molecular complexity index is 1050. The van der Waals surface area contributed by atoms with E-state index in [1.54, 1.807) is 6.07 Å². The van der Waals surface area contributed by atoms with Crippen LogP contribution < -0.4 is 4.74 Å². The lowest BCUT2D eigenvalue weighted by Crippen LogP contribution is -2.25. The summed E-state index contributed by atoms with van der Waals surface area (Å²) < 4.78 is 21.2. The largest absolute Gasteiger partial charge is 0.474 e. The highest BCUT2D eigenvalue weighted by Crippen LogP contribution is 2.36. The van der Waals surface area contributed by atoms with Crippen molar-refractivity contribution in [1.82, 2.24) is 24.6 Å². The Balaban J connectivity index is 1.36. The second-order valence-corrected chi connectivity index (χ2v) is 8.60. The zero-order valence-corrected chi connectivity index (χ0v) is 17.5. The van der Waals surface area contributed by atoms with Crippen LogP contribution in [-0.4, -0.2) is 37.8 Å². The van der Waals surface area contributed by atoms with Crippen LogP contribution >= 0.6 is 11.6 Å². The predicted octanol–water partition coefficient (Wildman–Crippen LogP) is 4.51. The van der Waals surface area contributed by atoms with Crippen LogP contribution in [0.2, 0.25) is 5.02 Å². The first-order valence-electron chi connectivity index (χ1n) is 10.3. The molecular weight excluding hydrogens is 405 g/mol. The fourth-order valence-electron chi connectivity index (χ4n) is 4.49. The third-order valence-corrected chi connectivity index (χ3v) is 6.15. The SMILES string of the molecule is CN1Cc2cc(Cl)ccc2-n2c(nnc2[C@H]2CC[C@H](Oc3ccc(F)cn3)CC2)C1. The van der Waals surface area contributed by atoms with Gasteiger partial charge in [-0.25, -0.2) is 9.37 Å². The van der Waals surface area contributed by atoms with Crippen molar-refractivity contribution in [3.8, 4) is 11.6 Å². The van der Waals surface area contributed by atoms with Crippen LogP contribution in [0.5, 0.6) is 5.88 Å². The molecule has 6 nitrogen and oxygen atoms in total. The van der Waals surface area contributed by atoms with E-state index in [4.69, 9.17) is 16.3 Å². The van der Waals surface area contributed by atoms with Crippen LogP contribution in [0.25, 0.3) is 5.69 Å². The van der Waals surface area contributed by atoms with Gasteiger partial charge in [0, 0.05) is 23.6 Å². The van der Waals surface area contributed by atoms with E-state index < -0.39 is 0 Å². The standard InChI is InChI=1S/C22H23ClFN5O/c1-28-12-15-10-16(23)4-8-19(15)29-20(13-28)26-27-22(29)14-2-6-18(7-3-14)30-21-9-5-17(24)11-25-21/h4-5,8-11,14,18H,2-3,6-7,12-13H2,1H3/t14-,18-. The van der Waals surface area contributed by atoms with Crippen molar-refractivity contribution in [1.29, 1.82) is 0 Å². The predicted molar refractivity (Wildman–Crippen MR) is 111 cm³/mol. The second-order valence-electron chi connectivity index (χ2n) is 8.16. The van der Waals surface area contributed by atoms with Gasteiger partial charge in [-0.1, -0.05) is 11.6 Å². The number of aromatic nitrogens is 4. The maximum atomic E-state index is 13.0. The Morgan fingerprint density at radius 1 is 1.07 bits per heavy atom. The number of benzene rings is 1. The van der Waals surface area contributed by atoms with Crippen molar-refractivity contribution < 1.29 is 9.13 Å². The maximum absolute atomic E-state index is 13.0. The third kappa shape index (κ3) is 3.79. The molecule has 1 aromatic carbocycles. The Labute approximate surface area is 179 Å². The summed E-state index contributed by atoms with van der Waals surface area (Å²) in [4.78, 5) is 6.24. The van der Waals surface area contributed by atoms with Gasteiger partial charge < -0.3 is 4.74 Å². The fraction of sp³-hybridized carbons (Fsp3) is 0.409. The zero-order chi connectivity index (χ0) is 20.7. The van der Waals surface area contributed by atoms with Crippen LogP contribution in [0.4, 0.5) is 4.39 Å². The molecule has 0 unspecified atom stereocenters. The molecule has 5 rings (SSSR count). The molecule has 2 aromatic heterocycles. The quantitative estimate of drug-likeness (QED) is 0.615. The molecule has 156 valence electrons. The van der Waals surface area contributed by atoms with E-state index in [9.17, 15) is 4.39 Å². The number of hydrogen-bond acceptors (Lipinski definition) is 5. The molecule has 0 radical (unpaired) electrons. The van der Waals surface area contributed by atoms with E-state index in [2.05, 4.69) is 37.8 Å². The normalized spacial score (nSPS) is 21.6. The Morgan fingerprint density at radius 3 is 2.67 bits per heavy atom. The van der Waals surface area contributed by atoms with E-state index in [0.717, 1.165) is 61.1 Å². The highest BCUT2D eigenvalue weighted by atomic mass is 35.5. The van der Waals surface area contributed by atoms with Gasteiger partial charge in [0.05, 0.1) is 18.4 Å². The Kier molecular flexibility index (Phi) is 5.16. The summed E-state index contributed by atoms with van der Waals surface area (Å²) in [5, 5.41) is 9.86. The summed E-state index contributed by atoms with van der Waals surface area (Å²) in [6.07, 6.45) is 5.00. The minimum atomic E-state index is -0.356. The average molecular weight is 428 g/mol. The first-order chi connectivity index (χ1) is 14.6. The average Bonchev–Trinajstić information content (AvgIpc) is 3.07. The molecule has 0 spiro atoms. The van der Waals surface area contributed by atoms with E-state index in [0.29, 0.717) is 11.8 Å². The number of hydrogen-bond donors (Lipinski definition) is 0. The lowest BCUT2D eigenvalue weighted by Gasteiger charge is -2.28. The van der Waals surface area contributed by atoms with Gasteiger partial charge in [0.2, 0.25) is 5.88 Å². The molecule has 30 heavy (non-hydrogen) atoms. The maximum Gasteiger partial charge on any atom is 0.213 e. The Morgan fingerprint density at radius 2 is 1.90 bits per heavy atom. The summed E-state index contributed by atoms with van der Waals surface area (Å²) in [5.74, 6) is 2.42. The van der Waals surface area contributed by atoms with Crippen LogP contribution in [0.15, 0.2) is 36.5 Å². The number of ether oxygens (including phenoxy) is 1. The van der Waals surface area contributed by atoms with Crippen molar-refractivity contribution in [2.75, 3.05) is 7.05 Å². The van der Waals surface area contributed by atoms with Gasteiger partial charge in [-0.3, -0.25) is 9.47 Å². The van der Waals surface area contributed by atoms with Gasteiger partial charge in [0.25, 0.3) is 0 Å². The van der Waals surface area contributed by atoms with Crippen molar-refractivity contribution in [2.45, 2.75) is 50.8 Å². The smallest absolute Gasteiger partial charge is 0.213 e. The number of rotatable bonds is 3. The number of pyridine rings is 1. The molecule has 0 N–H and O–H groups in total.